The normalized spacial score (nSPS) is 20.5. The molecule has 0 saturated carbocycles. The number of aliphatic hydroxyl groups excluding tert-OH is 1. The molecule has 4 heteroatoms. The lowest BCUT2D eigenvalue weighted by molar-refractivity contribution is 0.0653. The van der Waals surface area contributed by atoms with Crippen LogP contribution >= 0.6 is 0 Å². The third kappa shape index (κ3) is 2.85. The largest absolute Gasteiger partial charge is 0.494 e. The molecule has 1 N–H and O–H groups in total. The Morgan fingerprint density at radius 3 is 2.71 bits per heavy atom. The topological polar surface area (TPSA) is 38.7 Å². The quantitative estimate of drug-likeness (QED) is 0.934. The van der Waals surface area contributed by atoms with Gasteiger partial charge >= 0.3 is 0 Å². The molecule has 2 aromatic carbocycles. The van der Waals surface area contributed by atoms with Crippen LogP contribution in [0.15, 0.2) is 42.5 Å². The first-order chi connectivity index (χ1) is 10.2. The average Bonchev–Trinajstić information content (AvgIpc) is 2.49. The molecular weight excluding hydrogens is 271 g/mol. The maximum absolute atomic E-state index is 13.2. The fourth-order valence-corrected chi connectivity index (χ4v) is 2.57. The number of hydrogen-bond acceptors (Lipinski definition) is 3. The molecule has 0 aromatic heterocycles. The van der Waals surface area contributed by atoms with Crippen molar-refractivity contribution >= 4 is 0 Å². The van der Waals surface area contributed by atoms with Crippen LogP contribution in [-0.2, 0) is 0 Å². The summed E-state index contributed by atoms with van der Waals surface area (Å²) in [5, 5.41) is 10.2. The van der Waals surface area contributed by atoms with Gasteiger partial charge in [0.25, 0.3) is 0 Å². The highest BCUT2D eigenvalue weighted by Crippen LogP contribution is 2.41. The van der Waals surface area contributed by atoms with Gasteiger partial charge in [-0.05, 0) is 42.8 Å². The van der Waals surface area contributed by atoms with E-state index in [1.807, 2.05) is 31.2 Å². The van der Waals surface area contributed by atoms with E-state index in [2.05, 4.69) is 0 Å². The summed E-state index contributed by atoms with van der Waals surface area (Å²) < 4.78 is 24.5. The molecule has 2 atom stereocenters. The van der Waals surface area contributed by atoms with Gasteiger partial charge in [-0.3, -0.25) is 0 Å². The van der Waals surface area contributed by atoms with Gasteiger partial charge in [0.15, 0.2) is 0 Å². The third-order valence-electron chi connectivity index (χ3n) is 3.60. The Balaban J connectivity index is 1.83. The highest BCUT2D eigenvalue weighted by molar-refractivity contribution is 5.39. The highest BCUT2D eigenvalue weighted by atomic mass is 19.1. The lowest BCUT2D eigenvalue weighted by Gasteiger charge is -2.30. The Morgan fingerprint density at radius 1 is 1.24 bits per heavy atom. The molecule has 110 valence electrons. The first-order valence-electron chi connectivity index (χ1n) is 7.04. The van der Waals surface area contributed by atoms with Crippen molar-refractivity contribution in [2.75, 3.05) is 6.61 Å². The number of halogens is 1. The van der Waals surface area contributed by atoms with Gasteiger partial charge in [-0.25, -0.2) is 4.39 Å². The third-order valence-corrected chi connectivity index (χ3v) is 3.60. The van der Waals surface area contributed by atoms with Crippen LogP contribution in [0.2, 0.25) is 0 Å². The van der Waals surface area contributed by atoms with E-state index in [1.165, 1.54) is 12.1 Å². The Labute approximate surface area is 122 Å². The van der Waals surface area contributed by atoms with E-state index in [0.29, 0.717) is 24.3 Å². The molecule has 1 heterocycles. The predicted octanol–water partition coefficient (Wildman–Crippen LogP) is 3.78. The molecule has 1 aliphatic rings. The maximum atomic E-state index is 13.2. The van der Waals surface area contributed by atoms with Gasteiger partial charge in [-0.1, -0.05) is 12.1 Å². The minimum atomic E-state index is -0.721. The molecular formula is C17H17FO3. The summed E-state index contributed by atoms with van der Waals surface area (Å²) in [6.07, 6.45) is -0.556. The Hall–Kier alpha value is -2.07. The SMILES string of the molecule is CCOc1ccc(C2CC(O)c3cc(F)ccc3O2)cc1. The summed E-state index contributed by atoms with van der Waals surface area (Å²) in [6.45, 7) is 2.56. The predicted molar refractivity (Wildman–Crippen MR) is 77.0 cm³/mol. The van der Waals surface area contributed by atoms with E-state index >= 15 is 0 Å². The summed E-state index contributed by atoms with van der Waals surface area (Å²) in [6, 6.07) is 11.9. The van der Waals surface area contributed by atoms with Crippen molar-refractivity contribution in [2.24, 2.45) is 0 Å². The molecule has 0 bridgehead atoms. The van der Waals surface area contributed by atoms with E-state index in [-0.39, 0.29) is 11.9 Å². The lowest BCUT2D eigenvalue weighted by atomic mass is 9.95. The van der Waals surface area contributed by atoms with Crippen molar-refractivity contribution in [1.29, 1.82) is 0 Å². The monoisotopic (exact) mass is 288 g/mol. The van der Waals surface area contributed by atoms with Crippen LogP contribution in [0, 0.1) is 5.82 Å². The maximum Gasteiger partial charge on any atom is 0.127 e. The molecule has 0 fully saturated rings. The summed E-state index contributed by atoms with van der Waals surface area (Å²) >= 11 is 0. The second kappa shape index (κ2) is 5.74. The van der Waals surface area contributed by atoms with E-state index in [0.717, 1.165) is 11.3 Å². The van der Waals surface area contributed by atoms with E-state index < -0.39 is 6.10 Å². The van der Waals surface area contributed by atoms with Crippen molar-refractivity contribution in [3.63, 3.8) is 0 Å². The first-order valence-corrected chi connectivity index (χ1v) is 7.04. The van der Waals surface area contributed by atoms with Crippen LogP contribution in [0.3, 0.4) is 0 Å². The zero-order chi connectivity index (χ0) is 14.8. The molecule has 3 rings (SSSR count). The number of rotatable bonds is 3. The molecule has 1 aliphatic heterocycles. The van der Waals surface area contributed by atoms with Crippen molar-refractivity contribution in [3.8, 4) is 11.5 Å². The molecule has 3 nitrogen and oxygen atoms in total. The van der Waals surface area contributed by atoms with Gasteiger partial charge < -0.3 is 14.6 Å². The van der Waals surface area contributed by atoms with E-state index in [1.54, 1.807) is 6.07 Å². The molecule has 0 amide bonds. The Bertz CT molecular complexity index is 624. The van der Waals surface area contributed by atoms with Gasteiger partial charge in [0, 0.05) is 12.0 Å². The van der Waals surface area contributed by atoms with Gasteiger partial charge in [0.1, 0.15) is 23.4 Å². The summed E-state index contributed by atoms with van der Waals surface area (Å²) in [7, 11) is 0. The zero-order valence-electron chi connectivity index (χ0n) is 11.8. The highest BCUT2D eigenvalue weighted by Gasteiger charge is 2.28. The molecule has 2 aromatic rings. The van der Waals surface area contributed by atoms with Crippen molar-refractivity contribution in [1.82, 2.24) is 0 Å². The molecule has 21 heavy (non-hydrogen) atoms. The van der Waals surface area contributed by atoms with Crippen LogP contribution < -0.4 is 9.47 Å². The average molecular weight is 288 g/mol. The summed E-state index contributed by atoms with van der Waals surface area (Å²) in [5.41, 5.74) is 1.48. The number of benzene rings is 2. The standard InChI is InChI=1S/C17H17FO3/c1-2-20-13-6-3-11(4-7-13)17-10-15(19)14-9-12(18)5-8-16(14)21-17/h3-9,15,17,19H,2,10H2,1H3. The van der Waals surface area contributed by atoms with Gasteiger partial charge in [0.05, 0.1) is 12.7 Å². The lowest BCUT2D eigenvalue weighted by Crippen LogP contribution is -2.19. The minimum absolute atomic E-state index is 0.242. The van der Waals surface area contributed by atoms with Crippen LogP contribution in [0.25, 0.3) is 0 Å². The molecule has 0 saturated heterocycles. The van der Waals surface area contributed by atoms with Gasteiger partial charge in [-0.2, -0.15) is 0 Å². The molecule has 0 radical (unpaired) electrons. The fraction of sp³-hybridized carbons (Fsp3) is 0.294. The van der Waals surface area contributed by atoms with Crippen LogP contribution in [0.5, 0.6) is 11.5 Å². The van der Waals surface area contributed by atoms with Crippen molar-refractivity contribution in [3.05, 3.63) is 59.4 Å². The van der Waals surface area contributed by atoms with Gasteiger partial charge in [-0.15, -0.1) is 0 Å². The van der Waals surface area contributed by atoms with Crippen LogP contribution in [0.4, 0.5) is 4.39 Å². The number of fused-ring (bicyclic) bond motifs is 1. The van der Waals surface area contributed by atoms with E-state index in [4.69, 9.17) is 9.47 Å². The van der Waals surface area contributed by atoms with Crippen LogP contribution in [-0.4, -0.2) is 11.7 Å². The number of aliphatic hydroxyl groups is 1. The van der Waals surface area contributed by atoms with E-state index in [9.17, 15) is 9.50 Å². The fourth-order valence-electron chi connectivity index (χ4n) is 2.57. The molecule has 0 spiro atoms. The Kier molecular flexibility index (Phi) is 3.80. The second-order valence-corrected chi connectivity index (χ2v) is 5.04. The summed E-state index contributed by atoms with van der Waals surface area (Å²) in [4.78, 5) is 0. The van der Waals surface area contributed by atoms with Crippen molar-refractivity contribution < 1.29 is 19.0 Å². The number of hydrogen-bond donors (Lipinski definition) is 1. The van der Waals surface area contributed by atoms with Crippen molar-refractivity contribution in [2.45, 2.75) is 25.6 Å². The smallest absolute Gasteiger partial charge is 0.127 e. The molecule has 2 unspecified atom stereocenters. The minimum Gasteiger partial charge on any atom is -0.494 e. The Morgan fingerprint density at radius 2 is 2.00 bits per heavy atom. The first kappa shape index (κ1) is 13.9. The zero-order valence-corrected chi connectivity index (χ0v) is 11.8. The van der Waals surface area contributed by atoms with Crippen LogP contribution in [0.1, 0.15) is 36.7 Å². The molecule has 0 aliphatic carbocycles. The second-order valence-electron chi connectivity index (χ2n) is 5.04. The number of ether oxygens (including phenoxy) is 2. The van der Waals surface area contributed by atoms with Gasteiger partial charge in [0.2, 0.25) is 0 Å². The summed E-state index contributed by atoms with van der Waals surface area (Å²) in [5.74, 6) is 0.977.